The van der Waals surface area contributed by atoms with Crippen LogP contribution in [0.5, 0.6) is 0 Å². The summed E-state index contributed by atoms with van der Waals surface area (Å²) in [6.45, 7) is 4.36. The van der Waals surface area contributed by atoms with Gasteiger partial charge in [0.15, 0.2) is 0 Å². The van der Waals surface area contributed by atoms with Crippen molar-refractivity contribution in [3.63, 3.8) is 0 Å². The smallest absolute Gasteiger partial charge is 0.128 e. The van der Waals surface area contributed by atoms with E-state index in [9.17, 15) is 0 Å². The number of hydrogen-bond acceptors (Lipinski definition) is 4. The molecule has 0 aliphatic carbocycles. The zero-order valence-corrected chi connectivity index (χ0v) is 12.2. The molecule has 1 N–H and O–H groups in total. The molecular formula is C13H23N3S. The molecule has 3 nitrogen and oxygen atoms in total. The van der Waals surface area contributed by atoms with Crippen LogP contribution in [0.25, 0.3) is 0 Å². The van der Waals surface area contributed by atoms with Crippen molar-refractivity contribution in [2.45, 2.75) is 25.9 Å². The van der Waals surface area contributed by atoms with Crippen LogP contribution in [0.2, 0.25) is 0 Å². The molecule has 96 valence electrons. The Kier molecular flexibility index (Phi) is 5.78. The number of hydrogen-bond donors (Lipinski definition) is 1. The topological polar surface area (TPSA) is 28.2 Å². The van der Waals surface area contributed by atoms with Gasteiger partial charge in [-0.1, -0.05) is 6.07 Å². The molecule has 0 radical (unpaired) electrons. The largest absolute Gasteiger partial charge is 0.356 e. The quantitative estimate of drug-likeness (QED) is 0.843. The maximum atomic E-state index is 4.53. The van der Waals surface area contributed by atoms with E-state index in [1.807, 2.05) is 25.0 Å². The normalized spacial score (nSPS) is 14.4. The molecule has 4 heteroatoms. The van der Waals surface area contributed by atoms with Gasteiger partial charge in [0.1, 0.15) is 5.82 Å². The SMILES string of the molecule is CNC(C)c1ccc(N(C)C(C)CSC)nc1. The number of aromatic nitrogens is 1. The first kappa shape index (κ1) is 14.3. The Bertz CT molecular complexity index is 326. The van der Waals surface area contributed by atoms with Crippen LogP contribution in [0.3, 0.4) is 0 Å². The summed E-state index contributed by atoms with van der Waals surface area (Å²) in [4.78, 5) is 6.75. The van der Waals surface area contributed by atoms with Gasteiger partial charge in [0.05, 0.1) is 0 Å². The fraction of sp³-hybridized carbons (Fsp3) is 0.615. The Hall–Kier alpha value is -0.740. The first-order chi connectivity index (χ1) is 8.10. The third kappa shape index (κ3) is 3.89. The Labute approximate surface area is 109 Å². The number of rotatable bonds is 6. The zero-order valence-electron chi connectivity index (χ0n) is 11.4. The van der Waals surface area contributed by atoms with Gasteiger partial charge in [0.25, 0.3) is 0 Å². The van der Waals surface area contributed by atoms with Gasteiger partial charge >= 0.3 is 0 Å². The minimum Gasteiger partial charge on any atom is -0.356 e. The van der Waals surface area contributed by atoms with Crippen LogP contribution >= 0.6 is 11.8 Å². The molecule has 2 atom stereocenters. The van der Waals surface area contributed by atoms with E-state index in [1.54, 1.807) is 0 Å². The predicted molar refractivity (Wildman–Crippen MR) is 78.0 cm³/mol. The van der Waals surface area contributed by atoms with Crippen LogP contribution in [0, 0.1) is 0 Å². The van der Waals surface area contributed by atoms with Gasteiger partial charge < -0.3 is 10.2 Å². The van der Waals surface area contributed by atoms with Crippen LogP contribution in [-0.2, 0) is 0 Å². The summed E-state index contributed by atoms with van der Waals surface area (Å²) in [5.41, 5.74) is 1.22. The Balaban J connectivity index is 2.73. The second-order valence-electron chi connectivity index (χ2n) is 4.38. The number of anilines is 1. The molecular weight excluding hydrogens is 230 g/mol. The van der Waals surface area contributed by atoms with Gasteiger partial charge in [-0.25, -0.2) is 4.98 Å². The highest BCUT2D eigenvalue weighted by Gasteiger charge is 2.11. The Morgan fingerprint density at radius 2 is 2.12 bits per heavy atom. The molecule has 0 aromatic carbocycles. The summed E-state index contributed by atoms with van der Waals surface area (Å²) in [5, 5.41) is 3.22. The van der Waals surface area contributed by atoms with Gasteiger partial charge in [0.2, 0.25) is 0 Å². The minimum atomic E-state index is 0.352. The van der Waals surface area contributed by atoms with E-state index < -0.39 is 0 Å². The lowest BCUT2D eigenvalue weighted by Crippen LogP contribution is -2.31. The van der Waals surface area contributed by atoms with Gasteiger partial charge in [-0.2, -0.15) is 11.8 Å². The van der Waals surface area contributed by atoms with E-state index in [-0.39, 0.29) is 0 Å². The maximum absolute atomic E-state index is 4.53. The van der Waals surface area contributed by atoms with Crippen molar-refractivity contribution in [3.05, 3.63) is 23.9 Å². The molecule has 1 heterocycles. The van der Waals surface area contributed by atoms with Gasteiger partial charge in [-0.05, 0) is 38.8 Å². The van der Waals surface area contributed by atoms with Crippen molar-refractivity contribution in [2.24, 2.45) is 0 Å². The van der Waals surface area contributed by atoms with Crippen LogP contribution in [0.4, 0.5) is 5.82 Å². The molecule has 0 aliphatic rings. The van der Waals surface area contributed by atoms with Gasteiger partial charge in [0, 0.05) is 31.1 Å². The van der Waals surface area contributed by atoms with Crippen molar-refractivity contribution >= 4 is 17.6 Å². The second-order valence-corrected chi connectivity index (χ2v) is 5.29. The lowest BCUT2D eigenvalue weighted by molar-refractivity contribution is 0.648. The summed E-state index contributed by atoms with van der Waals surface area (Å²) < 4.78 is 0. The van der Waals surface area contributed by atoms with Gasteiger partial charge in [-0.15, -0.1) is 0 Å². The Morgan fingerprint density at radius 1 is 1.41 bits per heavy atom. The molecule has 1 rings (SSSR count). The van der Waals surface area contributed by atoms with Crippen LogP contribution in [0.15, 0.2) is 18.3 Å². The first-order valence-electron chi connectivity index (χ1n) is 5.95. The van der Waals surface area contributed by atoms with Crippen LogP contribution in [0.1, 0.15) is 25.5 Å². The summed E-state index contributed by atoms with van der Waals surface area (Å²) in [7, 11) is 4.07. The van der Waals surface area contributed by atoms with E-state index >= 15 is 0 Å². The van der Waals surface area contributed by atoms with E-state index in [1.165, 1.54) is 5.56 Å². The summed E-state index contributed by atoms with van der Waals surface area (Å²) in [6, 6.07) is 5.10. The van der Waals surface area contributed by atoms with E-state index in [2.05, 4.69) is 54.5 Å². The summed E-state index contributed by atoms with van der Waals surface area (Å²) in [5.74, 6) is 2.16. The fourth-order valence-corrected chi connectivity index (χ4v) is 2.31. The molecule has 0 bridgehead atoms. The number of pyridine rings is 1. The van der Waals surface area contributed by atoms with E-state index in [0.29, 0.717) is 12.1 Å². The molecule has 0 fully saturated rings. The molecule has 0 saturated carbocycles. The van der Waals surface area contributed by atoms with Crippen molar-refractivity contribution in [1.29, 1.82) is 0 Å². The average molecular weight is 253 g/mol. The van der Waals surface area contributed by atoms with Crippen LogP contribution < -0.4 is 10.2 Å². The van der Waals surface area contributed by atoms with E-state index in [0.717, 1.165) is 11.6 Å². The highest BCUT2D eigenvalue weighted by Crippen LogP contribution is 2.17. The van der Waals surface area contributed by atoms with Crippen LogP contribution in [-0.4, -0.2) is 37.1 Å². The standard InChI is InChI=1S/C13H23N3S/c1-10(9-17-5)16(4)13-7-6-12(8-15-13)11(2)14-3/h6-8,10-11,14H,9H2,1-5H3. The lowest BCUT2D eigenvalue weighted by atomic mass is 10.1. The van der Waals surface area contributed by atoms with Crippen molar-refractivity contribution < 1.29 is 0 Å². The minimum absolute atomic E-state index is 0.352. The zero-order chi connectivity index (χ0) is 12.8. The highest BCUT2D eigenvalue weighted by molar-refractivity contribution is 7.98. The van der Waals surface area contributed by atoms with E-state index in [4.69, 9.17) is 0 Å². The first-order valence-corrected chi connectivity index (χ1v) is 7.34. The maximum Gasteiger partial charge on any atom is 0.128 e. The average Bonchev–Trinajstić information content (AvgIpc) is 2.37. The number of nitrogens with zero attached hydrogens (tertiary/aromatic N) is 2. The second kappa shape index (κ2) is 6.87. The third-order valence-corrected chi connectivity index (χ3v) is 3.95. The van der Waals surface area contributed by atoms with Crippen molar-refractivity contribution in [3.8, 4) is 0 Å². The molecule has 0 spiro atoms. The van der Waals surface area contributed by atoms with Crippen molar-refractivity contribution in [1.82, 2.24) is 10.3 Å². The molecule has 0 amide bonds. The highest BCUT2D eigenvalue weighted by atomic mass is 32.2. The molecule has 17 heavy (non-hydrogen) atoms. The summed E-state index contributed by atoms with van der Waals surface area (Å²) >= 11 is 1.86. The number of nitrogens with one attached hydrogen (secondary N) is 1. The Morgan fingerprint density at radius 3 is 2.59 bits per heavy atom. The monoisotopic (exact) mass is 253 g/mol. The van der Waals surface area contributed by atoms with Crippen molar-refractivity contribution in [2.75, 3.05) is 31.0 Å². The molecule has 0 saturated heterocycles. The van der Waals surface area contributed by atoms with Gasteiger partial charge in [-0.3, -0.25) is 0 Å². The third-order valence-electron chi connectivity index (χ3n) is 3.13. The molecule has 1 aromatic heterocycles. The summed E-state index contributed by atoms with van der Waals surface area (Å²) in [6.07, 6.45) is 4.09. The predicted octanol–water partition coefficient (Wildman–Crippen LogP) is 2.55. The fourth-order valence-electron chi connectivity index (χ4n) is 1.61. The molecule has 2 unspecified atom stereocenters. The molecule has 0 aliphatic heterocycles. The molecule has 1 aromatic rings. The number of thioether (sulfide) groups is 1. The lowest BCUT2D eigenvalue weighted by Gasteiger charge is -2.25.